The number of rotatable bonds is 5. The first kappa shape index (κ1) is 23.2. The highest BCUT2D eigenvalue weighted by Gasteiger charge is 2.47. The molecule has 3 aromatic carbocycles. The fourth-order valence-electron chi connectivity index (χ4n) is 3.86. The molecule has 4 rings (SSSR count). The van der Waals surface area contributed by atoms with E-state index >= 15 is 0 Å². The first-order chi connectivity index (χ1) is 16.1. The molecule has 0 aromatic heterocycles. The average molecular weight is 479 g/mol. The number of carbonyl (C=O) groups is 2. The van der Waals surface area contributed by atoms with Crippen LogP contribution in [0.3, 0.4) is 0 Å². The van der Waals surface area contributed by atoms with E-state index in [9.17, 15) is 23.1 Å². The molecule has 1 aliphatic rings. The van der Waals surface area contributed by atoms with E-state index in [-0.39, 0.29) is 21.9 Å². The predicted octanol–water partition coefficient (Wildman–Crippen LogP) is 3.28. The van der Waals surface area contributed by atoms with E-state index in [1.165, 1.54) is 36.3 Å². The molecule has 34 heavy (non-hydrogen) atoms. The van der Waals surface area contributed by atoms with Crippen LogP contribution < -0.4 is 14.8 Å². The number of benzene rings is 3. The summed E-state index contributed by atoms with van der Waals surface area (Å²) in [6, 6.07) is 18.1. The van der Waals surface area contributed by atoms with Crippen molar-refractivity contribution in [2.45, 2.75) is 17.9 Å². The molecule has 0 saturated carbocycles. The van der Waals surface area contributed by atoms with Crippen LogP contribution in [-0.4, -0.2) is 32.3 Å². The molecule has 1 heterocycles. The van der Waals surface area contributed by atoms with Gasteiger partial charge in [0, 0.05) is 11.3 Å². The van der Waals surface area contributed by atoms with E-state index in [1.807, 2.05) is 6.92 Å². The second-order valence-electron chi connectivity index (χ2n) is 7.85. The van der Waals surface area contributed by atoms with E-state index in [0.717, 1.165) is 5.56 Å². The first-order valence-corrected chi connectivity index (χ1v) is 11.8. The molecule has 1 fully saturated rings. The molecule has 3 aromatic rings. The van der Waals surface area contributed by atoms with Crippen LogP contribution in [0.1, 0.15) is 22.7 Å². The zero-order valence-corrected chi connectivity index (χ0v) is 19.2. The van der Waals surface area contributed by atoms with E-state index in [4.69, 9.17) is 9.88 Å². The molecule has 0 bridgehead atoms. The third kappa shape index (κ3) is 4.18. The number of methoxy groups -OCH3 is 1. The molecule has 0 aliphatic carbocycles. The van der Waals surface area contributed by atoms with Crippen LogP contribution in [0.5, 0.6) is 5.75 Å². The Morgan fingerprint density at radius 2 is 1.53 bits per heavy atom. The van der Waals surface area contributed by atoms with Crippen LogP contribution in [0.2, 0.25) is 0 Å². The molecule has 0 radical (unpaired) electrons. The summed E-state index contributed by atoms with van der Waals surface area (Å²) >= 11 is 0. The maximum atomic E-state index is 13.2. The number of Topliss-reactive ketones (excluding diaryl/α,β-unsaturated/α-hetero) is 1. The zero-order valence-electron chi connectivity index (χ0n) is 18.4. The van der Waals surface area contributed by atoms with Crippen LogP contribution in [0.15, 0.2) is 83.3 Å². The van der Waals surface area contributed by atoms with Crippen molar-refractivity contribution in [2.75, 3.05) is 12.0 Å². The first-order valence-electron chi connectivity index (χ1n) is 10.3. The molecule has 1 aliphatic heterocycles. The predicted molar refractivity (Wildman–Crippen MR) is 127 cm³/mol. The second-order valence-corrected chi connectivity index (χ2v) is 9.41. The molecule has 1 saturated heterocycles. The van der Waals surface area contributed by atoms with E-state index in [0.29, 0.717) is 16.9 Å². The fraction of sp³-hybridized carbons (Fsp3) is 0.120. The maximum Gasteiger partial charge on any atom is 0.300 e. The van der Waals surface area contributed by atoms with Crippen LogP contribution in [-0.2, 0) is 19.6 Å². The SMILES string of the molecule is COc1ccc(C2C(=C(O)c3ccc(C)cc3)C(=O)C(=O)N2c2ccc(S(N)(=O)=O)cc2)cc1. The zero-order chi connectivity index (χ0) is 24.6. The molecule has 3 N–H and O–H groups in total. The molecule has 1 atom stereocenters. The van der Waals surface area contributed by atoms with E-state index in [2.05, 4.69) is 0 Å². The number of primary sulfonamides is 1. The molecule has 1 unspecified atom stereocenters. The minimum absolute atomic E-state index is 0.0745. The topological polar surface area (TPSA) is 127 Å². The third-order valence-electron chi connectivity index (χ3n) is 5.64. The number of nitrogens with zero attached hydrogens (tertiary/aromatic N) is 1. The Hall–Kier alpha value is -3.95. The number of aliphatic hydroxyl groups is 1. The van der Waals surface area contributed by atoms with Gasteiger partial charge in [0.25, 0.3) is 11.7 Å². The van der Waals surface area contributed by atoms with Crippen LogP contribution in [0.4, 0.5) is 5.69 Å². The smallest absolute Gasteiger partial charge is 0.300 e. The number of ether oxygens (including phenoxy) is 1. The summed E-state index contributed by atoms with van der Waals surface area (Å²) < 4.78 is 28.5. The highest BCUT2D eigenvalue weighted by molar-refractivity contribution is 7.89. The number of carbonyl (C=O) groups excluding carboxylic acids is 2. The second kappa shape index (κ2) is 8.77. The maximum absolute atomic E-state index is 13.2. The highest BCUT2D eigenvalue weighted by atomic mass is 32.2. The van der Waals surface area contributed by atoms with Gasteiger partial charge in [-0.2, -0.15) is 0 Å². The molecule has 8 nitrogen and oxygen atoms in total. The van der Waals surface area contributed by atoms with E-state index in [1.54, 1.807) is 48.5 Å². The Kier molecular flexibility index (Phi) is 5.99. The standard InChI is InChI=1S/C25H22N2O6S/c1-15-3-5-17(6-4-15)23(28)21-22(16-7-11-19(33-2)12-8-16)27(25(30)24(21)29)18-9-13-20(14-10-18)34(26,31)32/h3-14,22,28H,1-2H3,(H2,26,31,32). The average Bonchev–Trinajstić information content (AvgIpc) is 3.09. The van der Waals surface area contributed by atoms with Gasteiger partial charge in [-0.15, -0.1) is 0 Å². The summed E-state index contributed by atoms with van der Waals surface area (Å²) in [7, 11) is -2.42. The van der Waals surface area contributed by atoms with Crippen LogP contribution in [0, 0.1) is 6.92 Å². The van der Waals surface area contributed by atoms with Crippen molar-refractivity contribution in [1.29, 1.82) is 0 Å². The number of aliphatic hydroxyl groups excluding tert-OH is 1. The van der Waals surface area contributed by atoms with Crippen LogP contribution in [0.25, 0.3) is 5.76 Å². The van der Waals surface area contributed by atoms with Gasteiger partial charge in [-0.1, -0.05) is 42.0 Å². The number of sulfonamides is 1. The van der Waals surface area contributed by atoms with Gasteiger partial charge in [0.1, 0.15) is 11.5 Å². The lowest BCUT2D eigenvalue weighted by atomic mass is 9.95. The highest BCUT2D eigenvalue weighted by Crippen LogP contribution is 2.42. The lowest BCUT2D eigenvalue weighted by Crippen LogP contribution is -2.29. The Morgan fingerprint density at radius 3 is 2.06 bits per heavy atom. The summed E-state index contributed by atoms with van der Waals surface area (Å²) in [5.41, 5.74) is 2.13. The van der Waals surface area contributed by atoms with Crippen molar-refractivity contribution in [2.24, 2.45) is 5.14 Å². The Balaban J connectivity index is 1.91. The van der Waals surface area contributed by atoms with Gasteiger partial charge >= 0.3 is 0 Å². The van der Waals surface area contributed by atoms with Crippen molar-refractivity contribution >= 4 is 33.2 Å². The van der Waals surface area contributed by atoms with Crippen LogP contribution >= 0.6 is 0 Å². The molecule has 1 amide bonds. The van der Waals surface area contributed by atoms with Gasteiger partial charge in [-0.25, -0.2) is 13.6 Å². The summed E-state index contributed by atoms with van der Waals surface area (Å²) in [4.78, 5) is 27.4. The minimum Gasteiger partial charge on any atom is -0.507 e. The van der Waals surface area contributed by atoms with Gasteiger partial charge in [0.15, 0.2) is 0 Å². The Morgan fingerprint density at radius 1 is 0.941 bits per heavy atom. The van der Waals surface area contributed by atoms with E-state index < -0.39 is 27.8 Å². The Labute approximate surface area is 196 Å². The fourth-order valence-corrected chi connectivity index (χ4v) is 4.38. The molecule has 174 valence electrons. The summed E-state index contributed by atoms with van der Waals surface area (Å²) in [5.74, 6) is -1.42. The number of aryl methyl sites for hydroxylation is 1. The van der Waals surface area contributed by atoms with Gasteiger partial charge in [0.05, 0.1) is 23.6 Å². The van der Waals surface area contributed by atoms with Crippen molar-refractivity contribution in [3.8, 4) is 5.75 Å². The normalized spacial score (nSPS) is 17.7. The lowest BCUT2D eigenvalue weighted by Gasteiger charge is -2.25. The van der Waals surface area contributed by atoms with Crippen molar-refractivity contribution in [3.63, 3.8) is 0 Å². The quantitative estimate of drug-likeness (QED) is 0.329. The number of hydrogen-bond donors (Lipinski definition) is 2. The van der Waals surface area contributed by atoms with Crippen molar-refractivity contribution in [1.82, 2.24) is 0 Å². The monoisotopic (exact) mass is 478 g/mol. The van der Waals surface area contributed by atoms with Crippen molar-refractivity contribution < 1.29 is 27.9 Å². The summed E-state index contributed by atoms with van der Waals surface area (Å²) in [6.07, 6.45) is 0. The third-order valence-corrected chi connectivity index (χ3v) is 6.57. The molecule has 9 heteroatoms. The number of amides is 1. The molecule has 0 spiro atoms. The van der Waals surface area contributed by atoms with Gasteiger partial charge in [0.2, 0.25) is 10.0 Å². The van der Waals surface area contributed by atoms with Gasteiger partial charge in [-0.3, -0.25) is 14.5 Å². The molecular formula is C25H22N2O6S. The number of hydrogen-bond acceptors (Lipinski definition) is 6. The number of nitrogens with two attached hydrogens (primary N) is 1. The van der Waals surface area contributed by atoms with Gasteiger partial charge in [-0.05, 0) is 48.9 Å². The van der Waals surface area contributed by atoms with Gasteiger partial charge < -0.3 is 9.84 Å². The number of ketones is 1. The lowest BCUT2D eigenvalue weighted by molar-refractivity contribution is -0.132. The number of anilines is 1. The molecular weight excluding hydrogens is 456 g/mol. The Bertz CT molecular complexity index is 1390. The van der Waals surface area contributed by atoms with Crippen molar-refractivity contribution in [3.05, 3.63) is 95.1 Å². The summed E-state index contributed by atoms with van der Waals surface area (Å²) in [5, 5.41) is 16.3. The summed E-state index contributed by atoms with van der Waals surface area (Å²) in [6.45, 7) is 1.89. The largest absolute Gasteiger partial charge is 0.507 e. The minimum atomic E-state index is -3.94.